The van der Waals surface area contributed by atoms with Gasteiger partial charge < -0.3 is 10.6 Å². The van der Waals surface area contributed by atoms with Crippen LogP contribution in [0.15, 0.2) is 23.3 Å². The van der Waals surface area contributed by atoms with Crippen LogP contribution in [-0.4, -0.2) is 13.3 Å². The van der Waals surface area contributed by atoms with E-state index in [0.29, 0.717) is 11.3 Å². The summed E-state index contributed by atoms with van der Waals surface area (Å²) >= 11 is 0. The molecule has 0 heterocycles. The third-order valence-corrected chi connectivity index (χ3v) is 1.35. The molecule has 0 saturated heterocycles. The number of benzene rings is 1. The molecule has 1 aromatic rings. The Labute approximate surface area is 69.6 Å². The van der Waals surface area contributed by atoms with Crippen LogP contribution < -0.4 is 10.6 Å². The zero-order valence-electron chi connectivity index (χ0n) is 6.62. The fourth-order valence-electron chi connectivity index (χ4n) is 0.863. The van der Waals surface area contributed by atoms with Crippen molar-refractivity contribution in [2.24, 2.45) is 10.9 Å². The number of nitrogens with zero attached hydrogens (tertiary/aromatic N) is 1. The van der Waals surface area contributed by atoms with Crippen LogP contribution in [0.25, 0.3) is 0 Å². The molecule has 0 unspecified atom stereocenters. The second-order valence-corrected chi connectivity index (χ2v) is 2.20. The molecule has 0 spiro atoms. The third-order valence-electron chi connectivity index (χ3n) is 1.35. The first-order chi connectivity index (χ1) is 5.76. The fraction of sp³-hybridized carbons (Fsp3) is 0.125. The summed E-state index contributed by atoms with van der Waals surface area (Å²) in [5, 5.41) is 3.28. The van der Waals surface area contributed by atoms with Crippen LogP contribution in [-0.2, 0) is 0 Å². The van der Waals surface area contributed by atoms with Gasteiger partial charge in [-0.1, -0.05) is 0 Å². The van der Waals surface area contributed by atoms with Crippen molar-refractivity contribution >= 4 is 6.21 Å². The quantitative estimate of drug-likeness (QED) is 0.408. The molecule has 0 bridgehead atoms. The summed E-state index contributed by atoms with van der Waals surface area (Å²) in [7, 11) is 1.47. The number of hydrogen-bond donors (Lipinski definition) is 1. The maximum absolute atomic E-state index is 12.8. The van der Waals surface area contributed by atoms with E-state index in [0.717, 1.165) is 0 Å². The first kappa shape index (κ1) is 8.52. The number of methoxy groups -OCH3 is 1. The fourth-order valence-corrected chi connectivity index (χ4v) is 0.863. The predicted molar refractivity (Wildman–Crippen MR) is 44.7 cm³/mol. The van der Waals surface area contributed by atoms with Gasteiger partial charge in [0.2, 0.25) is 0 Å². The van der Waals surface area contributed by atoms with Crippen molar-refractivity contribution in [3.05, 3.63) is 29.6 Å². The highest BCUT2D eigenvalue weighted by Gasteiger charge is 1.97. The molecule has 3 nitrogen and oxygen atoms in total. The maximum Gasteiger partial charge on any atom is 0.127 e. The summed E-state index contributed by atoms with van der Waals surface area (Å²) in [5.41, 5.74) is 0.578. The van der Waals surface area contributed by atoms with Gasteiger partial charge in [0, 0.05) is 11.6 Å². The normalized spacial score (nSPS) is 10.5. The number of rotatable bonds is 2. The lowest BCUT2D eigenvalue weighted by atomic mass is 10.2. The van der Waals surface area contributed by atoms with Gasteiger partial charge in [0.25, 0.3) is 0 Å². The average Bonchev–Trinajstić information content (AvgIpc) is 2.04. The number of halogens is 1. The molecule has 0 radical (unpaired) electrons. The molecule has 0 aliphatic heterocycles. The lowest BCUT2D eigenvalue weighted by Crippen LogP contribution is -1.90. The van der Waals surface area contributed by atoms with Crippen LogP contribution in [0.4, 0.5) is 4.39 Å². The van der Waals surface area contributed by atoms with Gasteiger partial charge in [0.1, 0.15) is 11.6 Å². The molecular formula is C8H9FN2O. The summed E-state index contributed by atoms with van der Waals surface area (Å²) in [5.74, 6) is 4.99. The molecule has 12 heavy (non-hydrogen) atoms. The summed E-state index contributed by atoms with van der Waals surface area (Å²) in [6.45, 7) is 0. The van der Waals surface area contributed by atoms with Crippen LogP contribution in [0.2, 0.25) is 0 Å². The third kappa shape index (κ3) is 1.95. The first-order valence-corrected chi connectivity index (χ1v) is 3.34. The smallest absolute Gasteiger partial charge is 0.127 e. The van der Waals surface area contributed by atoms with Crippen molar-refractivity contribution < 1.29 is 9.13 Å². The van der Waals surface area contributed by atoms with Gasteiger partial charge in [0.05, 0.1) is 13.3 Å². The molecule has 0 saturated carbocycles. The van der Waals surface area contributed by atoms with E-state index >= 15 is 0 Å². The Bertz CT molecular complexity index is 299. The van der Waals surface area contributed by atoms with Gasteiger partial charge in [-0.25, -0.2) is 4.39 Å². The molecule has 2 N–H and O–H groups in total. The summed E-state index contributed by atoms with van der Waals surface area (Å²) < 4.78 is 17.6. The molecular weight excluding hydrogens is 159 g/mol. The summed E-state index contributed by atoms with van der Waals surface area (Å²) in [4.78, 5) is 0. The monoisotopic (exact) mass is 168 g/mol. The zero-order chi connectivity index (χ0) is 8.97. The standard InChI is InChI=1S/C8H9FN2O/c1-12-8-3-6(5-11-10)2-7(9)4-8/h2-5H,10H2,1H3/b11-5+. The van der Waals surface area contributed by atoms with Crippen molar-refractivity contribution in [2.75, 3.05) is 7.11 Å². The summed E-state index contributed by atoms with van der Waals surface area (Å²) in [6.07, 6.45) is 1.35. The Kier molecular flexibility index (Phi) is 2.63. The average molecular weight is 168 g/mol. The Morgan fingerprint density at radius 2 is 2.25 bits per heavy atom. The van der Waals surface area contributed by atoms with Crippen LogP contribution in [0, 0.1) is 5.82 Å². The van der Waals surface area contributed by atoms with E-state index in [2.05, 4.69) is 5.10 Å². The molecule has 0 aliphatic carbocycles. The van der Waals surface area contributed by atoms with Gasteiger partial charge >= 0.3 is 0 Å². The Morgan fingerprint density at radius 1 is 1.50 bits per heavy atom. The van der Waals surface area contributed by atoms with Crippen molar-refractivity contribution in [3.8, 4) is 5.75 Å². The minimum atomic E-state index is -0.371. The molecule has 0 amide bonds. The van der Waals surface area contributed by atoms with E-state index in [1.54, 1.807) is 6.07 Å². The van der Waals surface area contributed by atoms with Crippen LogP contribution in [0.3, 0.4) is 0 Å². The van der Waals surface area contributed by atoms with Crippen molar-refractivity contribution in [2.45, 2.75) is 0 Å². The molecule has 0 aromatic heterocycles. The lowest BCUT2D eigenvalue weighted by Gasteiger charge is -2.00. The Morgan fingerprint density at radius 3 is 2.83 bits per heavy atom. The number of nitrogens with two attached hydrogens (primary N) is 1. The van der Waals surface area contributed by atoms with Gasteiger partial charge in [-0.3, -0.25) is 0 Å². The first-order valence-electron chi connectivity index (χ1n) is 3.34. The second kappa shape index (κ2) is 3.71. The van der Waals surface area contributed by atoms with E-state index < -0.39 is 0 Å². The Hall–Kier alpha value is -1.58. The molecule has 0 aliphatic rings. The second-order valence-electron chi connectivity index (χ2n) is 2.20. The molecule has 0 atom stereocenters. The minimum absolute atomic E-state index is 0.371. The molecule has 64 valence electrons. The summed E-state index contributed by atoms with van der Waals surface area (Å²) in [6, 6.07) is 4.24. The lowest BCUT2D eigenvalue weighted by molar-refractivity contribution is 0.411. The number of hydrogen-bond acceptors (Lipinski definition) is 3. The molecule has 1 aromatic carbocycles. The van der Waals surface area contributed by atoms with E-state index in [1.807, 2.05) is 0 Å². The van der Waals surface area contributed by atoms with Crippen LogP contribution >= 0.6 is 0 Å². The van der Waals surface area contributed by atoms with Gasteiger partial charge in [-0.2, -0.15) is 5.10 Å². The van der Waals surface area contributed by atoms with Crippen molar-refractivity contribution in [3.63, 3.8) is 0 Å². The Balaban J connectivity index is 3.06. The van der Waals surface area contributed by atoms with Gasteiger partial charge in [-0.15, -0.1) is 0 Å². The molecule has 0 fully saturated rings. The SMILES string of the molecule is COc1cc(F)cc(/C=N/N)c1. The topological polar surface area (TPSA) is 47.6 Å². The van der Waals surface area contributed by atoms with E-state index in [9.17, 15) is 4.39 Å². The number of hydrazone groups is 1. The van der Waals surface area contributed by atoms with Crippen LogP contribution in [0.1, 0.15) is 5.56 Å². The van der Waals surface area contributed by atoms with E-state index in [1.165, 1.54) is 25.5 Å². The van der Waals surface area contributed by atoms with Crippen molar-refractivity contribution in [1.82, 2.24) is 0 Å². The minimum Gasteiger partial charge on any atom is -0.497 e. The van der Waals surface area contributed by atoms with Gasteiger partial charge in [0.15, 0.2) is 0 Å². The van der Waals surface area contributed by atoms with Gasteiger partial charge in [-0.05, 0) is 12.1 Å². The van der Waals surface area contributed by atoms with Crippen molar-refractivity contribution in [1.29, 1.82) is 0 Å². The largest absolute Gasteiger partial charge is 0.497 e. The molecule has 4 heteroatoms. The maximum atomic E-state index is 12.8. The predicted octanol–water partition coefficient (Wildman–Crippen LogP) is 1.13. The highest BCUT2D eigenvalue weighted by Crippen LogP contribution is 2.14. The van der Waals surface area contributed by atoms with Crippen LogP contribution in [0.5, 0.6) is 5.75 Å². The number of ether oxygens (including phenoxy) is 1. The highest BCUT2D eigenvalue weighted by atomic mass is 19.1. The molecule has 1 rings (SSSR count). The highest BCUT2D eigenvalue weighted by molar-refractivity contribution is 5.79. The zero-order valence-corrected chi connectivity index (χ0v) is 6.62. The van der Waals surface area contributed by atoms with E-state index in [-0.39, 0.29) is 5.82 Å². The van der Waals surface area contributed by atoms with E-state index in [4.69, 9.17) is 10.6 Å².